The van der Waals surface area contributed by atoms with Gasteiger partial charge in [-0.05, 0) is 55.5 Å². The van der Waals surface area contributed by atoms with E-state index in [-0.39, 0.29) is 12.0 Å². The van der Waals surface area contributed by atoms with Crippen molar-refractivity contribution >= 4 is 5.91 Å². The van der Waals surface area contributed by atoms with Gasteiger partial charge in [0.25, 0.3) is 5.91 Å². The Morgan fingerprint density at radius 1 is 1.03 bits per heavy atom. The molecule has 0 aliphatic carbocycles. The molecule has 0 bridgehead atoms. The fourth-order valence-corrected chi connectivity index (χ4v) is 4.24. The largest absolute Gasteiger partial charge is 0.482 e. The lowest BCUT2D eigenvalue weighted by molar-refractivity contribution is -0.133. The molecule has 5 nitrogen and oxygen atoms in total. The molecule has 1 saturated heterocycles. The number of benzene rings is 2. The van der Waals surface area contributed by atoms with Gasteiger partial charge in [0, 0.05) is 19.6 Å². The lowest BCUT2D eigenvalue weighted by atomic mass is 9.99. The van der Waals surface area contributed by atoms with Crippen molar-refractivity contribution < 1.29 is 14.3 Å². The number of piperidine rings is 1. The van der Waals surface area contributed by atoms with Gasteiger partial charge >= 0.3 is 0 Å². The average Bonchev–Trinajstić information content (AvgIpc) is 2.72. The van der Waals surface area contributed by atoms with Crippen LogP contribution in [0.5, 0.6) is 11.5 Å². The molecule has 1 N–H and O–H groups in total. The first kappa shape index (κ1) is 19.8. The van der Waals surface area contributed by atoms with Crippen LogP contribution in [-0.2, 0) is 17.9 Å². The average molecular weight is 395 g/mol. The SMILES string of the molecule is CC1CCCN(Cc2ccccc2CNC(=O)C2Oc3ccccc3OC2C)C1. The summed E-state index contributed by atoms with van der Waals surface area (Å²) in [6.07, 6.45) is 1.59. The zero-order chi connectivity index (χ0) is 20.2. The summed E-state index contributed by atoms with van der Waals surface area (Å²) in [7, 11) is 0. The Bertz CT molecular complexity index is 854. The van der Waals surface area contributed by atoms with Crippen LogP contribution in [0.1, 0.15) is 37.8 Å². The number of carbonyl (C=O) groups excluding carboxylic acids is 1. The molecule has 2 aliphatic rings. The quantitative estimate of drug-likeness (QED) is 0.839. The van der Waals surface area contributed by atoms with Gasteiger partial charge < -0.3 is 14.8 Å². The van der Waals surface area contributed by atoms with E-state index in [1.165, 1.54) is 18.4 Å². The molecule has 0 spiro atoms. The van der Waals surface area contributed by atoms with E-state index in [0.29, 0.717) is 18.0 Å². The van der Waals surface area contributed by atoms with Crippen molar-refractivity contribution in [2.75, 3.05) is 13.1 Å². The highest BCUT2D eigenvalue weighted by Crippen LogP contribution is 2.33. The molecule has 3 unspecified atom stereocenters. The molecule has 5 heteroatoms. The van der Waals surface area contributed by atoms with Crippen LogP contribution in [0.3, 0.4) is 0 Å². The van der Waals surface area contributed by atoms with Crippen molar-refractivity contribution in [3.63, 3.8) is 0 Å². The molecule has 0 saturated carbocycles. The summed E-state index contributed by atoms with van der Waals surface area (Å²) in [5.41, 5.74) is 2.44. The summed E-state index contributed by atoms with van der Waals surface area (Å²) in [4.78, 5) is 15.3. The molecule has 1 fully saturated rings. The van der Waals surface area contributed by atoms with Gasteiger partial charge in [-0.25, -0.2) is 0 Å². The molecule has 29 heavy (non-hydrogen) atoms. The molecule has 4 rings (SSSR count). The summed E-state index contributed by atoms with van der Waals surface area (Å²) in [6.45, 7) is 7.91. The van der Waals surface area contributed by atoms with Gasteiger partial charge in [0.1, 0.15) is 6.10 Å². The van der Waals surface area contributed by atoms with Crippen LogP contribution in [-0.4, -0.2) is 36.1 Å². The van der Waals surface area contributed by atoms with Crippen molar-refractivity contribution in [1.82, 2.24) is 10.2 Å². The first-order valence-corrected chi connectivity index (χ1v) is 10.6. The minimum absolute atomic E-state index is 0.145. The van der Waals surface area contributed by atoms with Gasteiger partial charge in [0.2, 0.25) is 6.10 Å². The Morgan fingerprint density at radius 2 is 1.72 bits per heavy atom. The molecule has 2 heterocycles. The van der Waals surface area contributed by atoms with Crippen molar-refractivity contribution in [3.8, 4) is 11.5 Å². The van der Waals surface area contributed by atoms with Crippen molar-refractivity contribution in [1.29, 1.82) is 0 Å². The van der Waals surface area contributed by atoms with Crippen LogP contribution in [0.25, 0.3) is 0 Å². The molecule has 0 radical (unpaired) electrons. The van der Waals surface area contributed by atoms with Crippen LogP contribution in [0.4, 0.5) is 0 Å². The predicted molar refractivity (Wildman–Crippen MR) is 113 cm³/mol. The second kappa shape index (κ2) is 8.87. The third-order valence-corrected chi connectivity index (χ3v) is 5.81. The van der Waals surface area contributed by atoms with Gasteiger partial charge in [-0.1, -0.05) is 43.3 Å². The van der Waals surface area contributed by atoms with Crippen LogP contribution < -0.4 is 14.8 Å². The van der Waals surface area contributed by atoms with Gasteiger partial charge in [-0.15, -0.1) is 0 Å². The third-order valence-electron chi connectivity index (χ3n) is 5.81. The molecule has 2 aliphatic heterocycles. The topological polar surface area (TPSA) is 50.8 Å². The van der Waals surface area contributed by atoms with E-state index in [4.69, 9.17) is 9.47 Å². The molecule has 2 aromatic rings. The maximum Gasteiger partial charge on any atom is 0.265 e. The number of fused-ring (bicyclic) bond motifs is 1. The molecule has 1 amide bonds. The number of nitrogens with zero attached hydrogens (tertiary/aromatic N) is 1. The van der Waals surface area contributed by atoms with Gasteiger partial charge in [0.15, 0.2) is 11.5 Å². The number of hydrogen-bond donors (Lipinski definition) is 1. The molecule has 154 valence electrons. The number of amides is 1. The van der Waals surface area contributed by atoms with E-state index < -0.39 is 6.10 Å². The first-order chi connectivity index (χ1) is 14.1. The highest BCUT2D eigenvalue weighted by atomic mass is 16.6. The fourth-order valence-electron chi connectivity index (χ4n) is 4.24. The maximum atomic E-state index is 12.8. The minimum atomic E-state index is -0.653. The van der Waals surface area contributed by atoms with E-state index in [1.807, 2.05) is 37.3 Å². The van der Waals surface area contributed by atoms with E-state index in [1.54, 1.807) is 0 Å². The Kier molecular flexibility index (Phi) is 6.05. The third kappa shape index (κ3) is 4.73. The van der Waals surface area contributed by atoms with Crippen LogP contribution >= 0.6 is 0 Å². The molecule has 0 aromatic heterocycles. The van der Waals surface area contributed by atoms with E-state index in [0.717, 1.165) is 31.1 Å². The summed E-state index contributed by atoms with van der Waals surface area (Å²) in [6, 6.07) is 15.8. The van der Waals surface area contributed by atoms with E-state index in [2.05, 4.69) is 35.3 Å². The Hall–Kier alpha value is -2.53. The Balaban J connectivity index is 1.38. The van der Waals surface area contributed by atoms with Crippen LogP contribution in [0, 0.1) is 5.92 Å². The highest BCUT2D eigenvalue weighted by molar-refractivity contribution is 5.82. The summed E-state index contributed by atoms with van der Waals surface area (Å²) < 4.78 is 11.8. The number of hydrogen-bond acceptors (Lipinski definition) is 4. The smallest absolute Gasteiger partial charge is 0.265 e. The number of ether oxygens (including phenoxy) is 2. The zero-order valence-electron chi connectivity index (χ0n) is 17.3. The molecular weight excluding hydrogens is 364 g/mol. The summed E-state index contributed by atoms with van der Waals surface area (Å²) in [5, 5.41) is 3.05. The zero-order valence-corrected chi connectivity index (χ0v) is 17.3. The predicted octanol–water partition coefficient (Wildman–Crippen LogP) is 3.76. The number of para-hydroxylation sites is 2. The molecule has 3 atom stereocenters. The normalized spacial score (nSPS) is 24.1. The lowest BCUT2D eigenvalue weighted by Gasteiger charge is -2.32. The molecule has 2 aromatic carbocycles. The summed E-state index contributed by atoms with van der Waals surface area (Å²) >= 11 is 0. The van der Waals surface area contributed by atoms with Crippen molar-refractivity contribution in [3.05, 3.63) is 59.7 Å². The minimum Gasteiger partial charge on any atom is -0.482 e. The van der Waals surface area contributed by atoms with Crippen molar-refractivity contribution in [2.45, 2.75) is 52.0 Å². The Morgan fingerprint density at radius 3 is 2.48 bits per heavy atom. The second-order valence-corrected chi connectivity index (χ2v) is 8.28. The molecular formula is C24H30N2O3. The second-order valence-electron chi connectivity index (χ2n) is 8.28. The van der Waals surface area contributed by atoms with Gasteiger partial charge in [-0.2, -0.15) is 0 Å². The number of likely N-dealkylation sites (tertiary alicyclic amines) is 1. The maximum absolute atomic E-state index is 12.8. The van der Waals surface area contributed by atoms with Gasteiger partial charge in [0.05, 0.1) is 0 Å². The lowest BCUT2D eigenvalue weighted by Crippen LogP contribution is -2.48. The highest BCUT2D eigenvalue weighted by Gasteiger charge is 2.33. The monoisotopic (exact) mass is 394 g/mol. The Labute approximate surface area is 173 Å². The summed E-state index contributed by atoms with van der Waals surface area (Å²) in [5.74, 6) is 1.91. The first-order valence-electron chi connectivity index (χ1n) is 10.6. The number of rotatable bonds is 5. The van der Waals surface area contributed by atoms with Gasteiger partial charge in [-0.3, -0.25) is 9.69 Å². The standard InChI is InChI=1S/C24H30N2O3/c1-17-8-7-13-26(15-17)16-20-10-4-3-9-19(20)14-25-24(27)23-18(2)28-21-11-5-6-12-22(21)29-23/h3-6,9-12,17-18,23H,7-8,13-16H2,1-2H3,(H,25,27). The van der Waals surface area contributed by atoms with E-state index >= 15 is 0 Å². The number of carbonyl (C=O) groups is 1. The van der Waals surface area contributed by atoms with Crippen LogP contribution in [0.15, 0.2) is 48.5 Å². The number of nitrogens with one attached hydrogen (secondary N) is 1. The van der Waals surface area contributed by atoms with E-state index in [9.17, 15) is 4.79 Å². The van der Waals surface area contributed by atoms with Crippen LogP contribution in [0.2, 0.25) is 0 Å². The fraction of sp³-hybridized carbons (Fsp3) is 0.458. The van der Waals surface area contributed by atoms with Crippen molar-refractivity contribution in [2.24, 2.45) is 5.92 Å².